The summed E-state index contributed by atoms with van der Waals surface area (Å²) in [6.07, 6.45) is 25.7. The van der Waals surface area contributed by atoms with Crippen molar-refractivity contribution in [3.63, 3.8) is 0 Å². The van der Waals surface area contributed by atoms with Crippen LogP contribution in [0.3, 0.4) is 0 Å². The summed E-state index contributed by atoms with van der Waals surface area (Å²) in [5.74, 6) is 4.09. The lowest BCUT2D eigenvalue weighted by Gasteiger charge is -2.20. The van der Waals surface area contributed by atoms with Crippen molar-refractivity contribution in [2.24, 2.45) is 0 Å². The van der Waals surface area contributed by atoms with Crippen LogP contribution in [-0.2, 0) is 9.05 Å². The molecule has 0 radical (unpaired) electrons. The van der Waals surface area contributed by atoms with Crippen LogP contribution >= 0.6 is 32.1 Å². The van der Waals surface area contributed by atoms with Gasteiger partial charge in [0.15, 0.2) is 0 Å². The SMILES string of the molecule is CCCCCCCCCCCCSCC(O)COP(OCC(O)CSCCCCCCCCCCCC)Oc1ccccc1. The fourth-order valence-electron chi connectivity index (χ4n) is 4.87. The molecule has 2 atom stereocenters. The second kappa shape index (κ2) is 32.9. The van der Waals surface area contributed by atoms with E-state index in [-0.39, 0.29) is 13.2 Å². The Bertz CT molecular complexity index is 664. The smallest absolute Gasteiger partial charge is 0.397 e. The Balaban J connectivity index is 2.13. The Labute approximate surface area is 281 Å². The normalized spacial score (nSPS) is 13.6. The molecule has 0 aliphatic rings. The van der Waals surface area contributed by atoms with Crippen LogP contribution in [0.5, 0.6) is 5.75 Å². The van der Waals surface area contributed by atoms with Gasteiger partial charge in [0.05, 0.1) is 25.4 Å². The van der Waals surface area contributed by atoms with Crippen molar-refractivity contribution in [2.75, 3.05) is 36.2 Å². The van der Waals surface area contributed by atoms with Crippen LogP contribution in [0.1, 0.15) is 142 Å². The lowest BCUT2D eigenvalue weighted by Crippen LogP contribution is -2.20. The summed E-state index contributed by atoms with van der Waals surface area (Å²) in [6.45, 7) is 4.86. The molecule has 0 amide bonds. The summed E-state index contributed by atoms with van der Waals surface area (Å²) in [4.78, 5) is 0. The first-order valence-corrected chi connectivity index (χ1v) is 21.4. The molecule has 0 aliphatic carbocycles. The van der Waals surface area contributed by atoms with Gasteiger partial charge in [0, 0.05) is 11.5 Å². The second-order valence-electron chi connectivity index (χ2n) is 12.0. The van der Waals surface area contributed by atoms with Crippen molar-refractivity contribution in [1.82, 2.24) is 0 Å². The molecule has 1 aromatic rings. The van der Waals surface area contributed by atoms with E-state index in [1.54, 1.807) is 23.5 Å². The number of rotatable bonds is 34. The number of benzene rings is 1. The zero-order valence-corrected chi connectivity index (χ0v) is 30.8. The monoisotopic (exact) mass is 674 g/mol. The molecule has 0 aromatic heterocycles. The van der Waals surface area contributed by atoms with E-state index in [0.717, 1.165) is 11.5 Å². The predicted molar refractivity (Wildman–Crippen MR) is 196 cm³/mol. The largest absolute Gasteiger partial charge is 0.427 e. The Morgan fingerprint density at radius 2 is 0.909 bits per heavy atom. The molecule has 0 fully saturated rings. The van der Waals surface area contributed by atoms with Gasteiger partial charge in [-0.2, -0.15) is 23.5 Å². The van der Waals surface area contributed by atoms with E-state index < -0.39 is 20.8 Å². The molecule has 5 nitrogen and oxygen atoms in total. The van der Waals surface area contributed by atoms with Crippen molar-refractivity contribution >= 4 is 32.1 Å². The highest BCUT2D eigenvalue weighted by molar-refractivity contribution is 7.99. The van der Waals surface area contributed by atoms with Crippen LogP contribution in [-0.4, -0.2) is 58.6 Å². The molecule has 1 aromatic carbocycles. The molecule has 8 heteroatoms. The van der Waals surface area contributed by atoms with E-state index in [9.17, 15) is 10.2 Å². The zero-order valence-electron chi connectivity index (χ0n) is 28.3. The average molecular weight is 675 g/mol. The summed E-state index contributed by atoms with van der Waals surface area (Å²) in [7, 11) is -1.71. The Hall–Kier alpha value is -0.0100. The minimum atomic E-state index is -1.71. The van der Waals surface area contributed by atoms with Crippen molar-refractivity contribution < 1.29 is 23.8 Å². The first kappa shape index (κ1) is 42.0. The number of hydrogen-bond acceptors (Lipinski definition) is 7. The van der Waals surface area contributed by atoms with Crippen LogP contribution in [0.4, 0.5) is 0 Å². The topological polar surface area (TPSA) is 68.2 Å². The predicted octanol–water partition coefficient (Wildman–Crippen LogP) is 11.4. The van der Waals surface area contributed by atoms with Gasteiger partial charge < -0.3 is 14.7 Å². The lowest BCUT2D eigenvalue weighted by atomic mass is 10.1. The molecule has 2 N–H and O–H groups in total. The molecule has 2 unspecified atom stereocenters. The molecule has 0 saturated heterocycles. The maximum atomic E-state index is 10.5. The van der Waals surface area contributed by atoms with Crippen molar-refractivity contribution in [3.05, 3.63) is 30.3 Å². The fourth-order valence-corrected chi connectivity index (χ4v) is 7.82. The molecule has 0 saturated carbocycles. The summed E-state index contributed by atoms with van der Waals surface area (Å²) in [5.41, 5.74) is 0. The van der Waals surface area contributed by atoms with Gasteiger partial charge >= 0.3 is 8.60 Å². The molecule has 0 heterocycles. The minimum Gasteiger partial charge on any atom is -0.427 e. The third-order valence-electron chi connectivity index (χ3n) is 7.57. The molecule has 0 aliphatic heterocycles. The standard InChI is InChI=1S/C36H67O5PS2/c1-3-5-7-9-11-13-15-17-19-24-28-43-32-34(37)30-39-42(41-36-26-22-21-23-27-36)40-31-35(38)33-44-29-25-20-18-16-14-12-10-8-6-4-2/h21-23,26-27,34-35,37-38H,3-20,24-25,28-33H2,1-2H3. The number of unbranched alkanes of at least 4 members (excludes halogenated alkanes) is 18. The van der Waals surface area contributed by atoms with Gasteiger partial charge in [-0.25, -0.2) is 0 Å². The highest BCUT2D eigenvalue weighted by Crippen LogP contribution is 2.41. The number of aliphatic hydroxyl groups excluding tert-OH is 2. The molecular weight excluding hydrogens is 607 g/mol. The average Bonchev–Trinajstić information content (AvgIpc) is 3.03. The Morgan fingerprint density at radius 3 is 1.30 bits per heavy atom. The maximum Gasteiger partial charge on any atom is 0.397 e. The van der Waals surface area contributed by atoms with Gasteiger partial charge in [-0.05, 0) is 36.5 Å². The van der Waals surface area contributed by atoms with Crippen LogP contribution in [0.2, 0.25) is 0 Å². The van der Waals surface area contributed by atoms with Crippen molar-refractivity contribution in [3.8, 4) is 5.75 Å². The number of hydrogen-bond donors (Lipinski definition) is 2. The summed E-state index contributed by atoms with van der Waals surface area (Å²) < 4.78 is 17.7. The molecular formula is C36H67O5PS2. The van der Waals surface area contributed by atoms with E-state index >= 15 is 0 Å². The van der Waals surface area contributed by atoms with E-state index in [0.29, 0.717) is 17.3 Å². The molecule has 258 valence electrons. The highest BCUT2D eigenvalue weighted by Gasteiger charge is 2.19. The van der Waals surface area contributed by atoms with E-state index in [1.165, 1.54) is 128 Å². The summed E-state index contributed by atoms with van der Waals surface area (Å²) in [5, 5.41) is 21.0. The van der Waals surface area contributed by atoms with E-state index in [2.05, 4.69) is 13.8 Å². The van der Waals surface area contributed by atoms with Gasteiger partial charge in [0.2, 0.25) is 0 Å². The first-order chi connectivity index (χ1) is 21.7. The molecule has 0 bridgehead atoms. The quantitative estimate of drug-likeness (QED) is 0.0557. The van der Waals surface area contributed by atoms with Crippen LogP contribution in [0, 0.1) is 0 Å². The summed E-state index contributed by atoms with van der Waals surface area (Å²) in [6, 6.07) is 9.46. The molecule has 44 heavy (non-hydrogen) atoms. The fraction of sp³-hybridized carbons (Fsp3) is 0.833. The highest BCUT2D eigenvalue weighted by atomic mass is 32.2. The number of para-hydroxylation sites is 1. The van der Waals surface area contributed by atoms with E-state index in [4.69, 9.17) is 13.6 Å². The van der Waals surface area contributed by atoms with Crippen molar-refractivity contribution in [2.45, 2.75) is 154 Å². The van der Waals surface area contributed by atoms with Gasteiger partial charge in [-0.3, -0.25) is 9.05 Å². The number of thioether (sulfide) groups is 2. The summed E-state index contributed by atoms with van der Waals surface area (Å²) >= 11 is 3.57. The van der Waals surface area contributed by atoms with E-state index in [1.807, 2.05) is 30.3 Å². The molecule has 1 rings (SSSR count). The van der Waals surface area contributed by atoms with Gasteiger partial charge in [0.25, 0.3) is 0 Å². The second-order valence-corrected chi connectivity index (χ2v) is 15.5. The van der Waals surface area contributed by atoms with Gasteiger partial charge in [0.1, 0.15) is 5.75 Å². The Morgan fingerprint density at radius 1 is 0.545 bits per heavy atom. The Kier molecular flexibility index (Phi) is 31.4. The minimum absolute atomic E-state index is 0.160. The lowest BCUT2D eigenvalue weighted by molar-refractivity contribution is 0.0848. The van der Waals surface area contributed by atoms with Gasteiger partial charge in [-0.15, -0.1) is 0 Å². The third kappa shape index (κ3) is 28.2. The third-order valence-corrected chi connectivity index (χ3v) is 11.0. The number of aliphatic hydroxyl groups is 2. The molecule has 0 spiro atoms. The van der Waals surface area contributed by atoms with Crippen molar-refractivity contribution in [1.29, 1.82) is 0 Å². The maximum absolute atomic E-state index is 10.5. The zero-order chi connectivity index (χ0) is 31.8. The van der Waals surface area contributed by atoms with Crippen LogP contribution < -0.4 is 4.52 Å². The van der Waals surface area contributed by atoms with Crippen LogP contribution in [0.15, 0.2) is 30.3 Å². The first-order valence-electron chi connectivity index (χ1n) is 18.0. The van der Waals surface area contributed by atoms with Gasteiger partial charge in [-0.1, -0.05) is 148 Å². The van der Waals surface area contributed by atoms with Crippen LogP contribution in [0.25, 0.3) is 0 Å².